The smallest absolute Gasteiger partial charge is 0.112 e. The van der Waals surface area contributed by atoms with Gasteiger partial charge in [-0.1, -0.05) is 12.1 Å². The predicted molar refractivity (Wildman–Crippen MR) is 51.3 cm³/mol. The summed E-state index contributed by atoms with van der Waals surface area (Å²) in [5, 5.41) is 10.4. The number of aryl methyl sites for hydroxylation is 2. The van der Waals surface area contributed by atoms with Crippen molar-refractivity contribution in [1.29, 1.82) is 0 Å². The van der Waals surface area contributed by atoms with Gasteiger partial charge in [0, 0.05) is 5.56 Å². The average Bonchev–Trinajstić information content (AvgIpc) is 2.62. The largest absolute Gasteiger partial charge is 0.197 e. The van der Waals surface area contributed by atoms with Gasteiger partial charge in [-0.05, 0) is 31.0 Å². The Bertz CT molecular complexity index is 404. The van der Waals surface area contributed by atoms with Gasteiger partial charge in [0.1, 0.15) is 5.69 Å². The zero-order valence-electron chi connectivity index (χ0n) is 7.70. The maximum atomic E-state index is 4.02. The molecule has 3 heteroatoms. The molecule has 2 aromatic rings. The lowest BCUT2D eigenvalue weighted by molar-refractivity contribution is 0.942. The van der Waals surface area contributed by atoms with Gasteiger partial charge in [-0.15, -0.1) is 0 Å². The van der Waals surface area contributed by atoms with E-state index in [1.807, 2.05) is 0 Å². The van der Waals surface area contributed by atoms with Crippen LogP contribution in [0.15, 0.2) is 24.4 Å². The molecule has 0 radical (unpaired) electrons. The fourth-order valence-electron chi connectivity index (χ4n) is 1.24. The molecule has 0 aliphatic rings. The van der Waals surface area contributed by atoms with Crippen molar-refractivity contribution < 1.29 is 0 Å². The van der Waals surface area contributed by atoms with Crippen LogP contribution >= 0.6 is 0 Å². The van der Waals surface area contributed by atoms with Crippen LogP contribution in [0.2, 0.25) is 0 Å². The molecule has 1 aromatic carbocycles. The number of benzene rings is 1. The molecule has 0 saturated heterocycles. The summed E-state index contributed by atoms with van der Waals surface area (Å²) in [6, 6.07) is 6.27. The SMILES string of the molecule is Cc1ccc(-c2cn[nH]n2)cc1C. The molecule has 0 unspecified atom stereocenters. The number of hydrogen-bond acceptors (Lipinski definition) is 2. The molecule has 2 rings (SSSR count). The van der Waals surface area contributed by atoms with E-state index in [0.717, 1.165) is 11.3 Å². The Kier molecular flexibility index (Phi) is 1.85. The first-order valence-corrected chi connectivity index (χ1v) is 4.21. The first kappa shape index (κ1) is 7.98. The maximum absolute atomic E-state index is 4.02. The number of nitrogens with one attached hydrogen (secondary N) is 1. The third-order valence-corrected chi connectivity index (χ3v) is 2.22. The molecule has 0 spiro atoms. The van der Waals surface area contributed by atoms with Crippen LogP contribution in [-0.4, -0.2) is 15.4 Å². The normalized spacial score (nSPS) is 10.3. The highest BCUT2D eigenvalue weighted by Gasteiger charge is 2.01. The second-order valence-electron chi connectivity index (χ2n) is 3.15. The molecule has 3 nitrogen and oxygen atoms in total. The number of rotatable bonds is 1. The minimum Gasteiger partial charge on any atom is -0.197 e. The molecule has 0 fully saturated rings. The van der Waals surface area contributed by atoms with Gasteiger partial charge in [0.2, 0.25) is 0 Å². The highest BCUT2D eigenvalue weighted by Crippen LogP contribution is 2.18. The van der Waals surface area contributed by atoms with Crippen molar-refractivity contribution in [3.63, 3.8) is 0 Å². The molecule has 13 heavy (non-hydrogen) atoms. The number of aromatic nitrogens is 3. The van der Waals surface area contributed by atoms with Gasteiger partial charge in [0.15, 0.2) is 0 Å². The van der Waals surface area contributed by atoms with Crippen molar-refractivity contribution in [2.24, 2.45) is 0 Å². The molecule has 0 amide bonds. The lowest BCUT2D eigenvalue weighted by atomic mass is 10.1. The van der Waals surface area contributed by atoms with Gasteiger partial charge in [-0.25, -0.2) is 0 Å². The Hall–Kier alpha value is -1.64. The fourth-order valence-corrected chi connectivity index (χ4v) is 1.24. The summed E-state index contributed by atoms with van der Waals surface area (Å²) in [7, 11) is 0. The molecular formula is C10H11N3. The van der Waals surface area contributed by atoms with Crippen molar-refractivity contribution in [2.75, 3.05) is 0 Å². The first-order chi connectivity index (χ1) is 6.27. The minimum absolute atomic E-state index is 0.892. The Balaban J connectivity index is 2.49. The monoisotopic (exact) mass is 173 g/mol. The summed E-state index contributed by atoms with van der Waals surface area (Å²) in [5.41, 5.74) is 4.58. The molecule has 0 atom stereocenters. The molecule has 0 bridgehead atoms. The van der Waals surface area contributed by atoms with Crippen LogP contribution in [0.3, 0.4) is 0 Å². The van der Waals surface area contributed by atoms with Gasteiger partial charge in [-0.3, -0.25) is 0 Å². The zero-order valence-corrected chi connectivity index (χ0v) is 7.70. The first-order valence-electron chi connectivity index (χ1n) is 4.21. The van der Waals surface area contributed by atoms with Crippen LogP contribution < -0.4 is 0 Å². The van der Waals surface area contributed by atoms with Crippen molar-refractivity contribution in [3.8, 4) is 11.3 Å². The highest BCUT2D eigenvalue weighted by molar-refractivity contribution is 5.59. The Labute approximate surface area is 76.8 Å². The summed E-state index contributed by atoms with van der Waals surface area (Å²) in [5.74, 6) is 0. The van der Waals surface area contributed by atoms with Crippen LogP contribution in [0, 0.1) is 13.8 Å². The highest BCUT2D eigenvalue weighted by atomic mass is 15.3. The Morgan fingerprint density at radius 2 is 2.00 bits per heavy atom. The summed E-state index contributed by atoms with van der Waals surface area (Å²) in [6.45, 7) is 4.20. The topological polar surface area (TPSA) is 41.6 Å². The molecule has 0 saturated carbocycles. The van der Waals surface area contributed by atoms with Crippen LogP contribution in [0.5, 0.6) is 0 Å². The number of nitrogens with zero attached hydrogens (tertiary/aromatic N) is 2. The Morgan fingerprint density at radius 1 is 1.15 bits per heavy atom. The van der Waals surface area contributed by atoms with E-state index in [1.54, 1.807) is 6.20 Å². The lowest BCUT2D eigenvalue weighted by Crippen LogP contribution is -1.83. The average molecular weight is 173 g/mol. The number of hydrogen-bond donors (Lipinski definition) is 1. The van der Waals surface area contributed by atoms with Crippen molar-refractivity contribution >= 4 is 0 Å². The summed E-state index contributed by atoms with van der Waals surface area (Å²) >= 11 is 0. The van der Waals surface area contributed by atoms with E-state index in [1.165, 1.54) is 11.1 Å². The predicted octanol–water partition coefficient (Wildman–Crippen LogP) is 2.09. The molecule has 1 N–H and O–H groups in total. The van der Waals surface area contributed by atoms with Gasteiger partial charge in [0.05, 0.1) is 6.20 Å². The second kappa shape index (κ2) is 3.01. The fraction of sp³-hybridized carbons (Fsp3) is 0.200. The number of H-pyrrole nitrogens is 1. The van der Waals surface area contributed by atoms with E-state index in [-0.39, 0.29) is 0 Å². The maximum Gasteiger partial charge on any atom is 0.112 e. The summed E-state index contributed by atoms with van der Waals surface area (Å²) in [6.07, 6.45) is 1.73. The van der Waals surface area contributed by atoms with E-state index >= 15 is 0 Å². The molecular weight excluding hydrogens is 162 g/mol. The summed E-state index contributed by atoms with van der Waals surface area (Å²) in [4.78, 5) is 0. The van der Waals surface area contributed by atoms with Crippen LogP contribution in [0.1, 0.15) is 11.1 Å². The second-order valence-corrected chi connectivity index (χ2v) is 3.15. The molecule has 1 aromatic heterocycles. The van der Waals surface area contributed by atoms with E-state index in [0.29, 0.717) is 0 Å². The zero-order chi connectivity index (χ0) is 9.26. The third-order valence-electron chi connectivity index (χ3n) is 2.22. The molecule has 0 aliphatic heterocycles. The quantitative estimate of drug-likeness (QED) is 0.717. The van der Waals surface area contributed by atoms with E-state index < -0.39 is 0 Å². The van der Waals surface area contributed by atoms with Gasteiger partial charge in [-0.2, -0.15) is 15.4 Å². The lowest BCUT2D eigenvalue weighted by Gasteiger charge is -2.01. The van der Waals surface area contributed by atoms with E-state index in [9.17, 15) is 0 Å². The van der Waals surface area contributed by atoms with E-state index in [2.05, 4.69) is 47.5 Å². The number of aromatic amines is 1. The van der Waals surface area contributed by atoms with Crippen LogP contribution in [-0.2, 0) is 0 Å². The van der Waals surface area contributed by atoms with Crippen molar-refractivity contribution in [3.05, 3.63) is 35.5 Å². The third kappa shape index (κ3) is 1.45. The summed E-state index contributed by atoms with van der Waals surface area (Å²) < 4.78 is 0. The standard InChI is InChI=1S/C10H11N3/c1-7-3-4-9(5-8(7)2)10-6-11-13-12-10/h3-6H,1-2H3,(H,11,12,13). The van der Waals surface area contributed by atoms with Crippen LogP contribution in [0.25, 0.3) is 11.3 Å². The van der Waals surface area contributed by atoms with Gasteiger partial charge >= 0.3 is 0 Å². The van der Waals surface area contributed by atoms with Gasteiger partial charge < -0.3 is 0 Å². The van der Waals surface area contributed by atoms with Gasteiger partial charge in [0.25, 0.3) is 0 Å². The minimum atomic E-state index is 0.892. The van der Waals surface area contributed by atoms with Crippen LogP contribution in [0.4, 0.5) is 0 Å². The van der Waals surface area contributed by atoms with Crippen molar-refractivity contribution in [1.82, 2.24) is 15.4 Å². The van der Waals surface area contributed by atoms with Crippen molar-refractivity contribution in [2.45, 2.75) is 13.8 Å². The Morgan fingerprint density at radius 3 is 2.62 bits per heavy atom. The van der Waals surface area contributed by atoms with E-state index in [4.69, 9.17) is 0 Å². The molecule has 1 heterocycles. The molecule has 66 valence electrons. The molecule has 0 aliphatic carbocycles.